The summed E-state index contributed by atoms with van der Waals surface area (Å²) in [6.45, 7) is 0.388. The van der Waals surface area contributed by atoms with Gasteiger partial charge in [-0.1, -0.05) is 12.1 Å². The topological polar surface area (TPSA) is 110 Å². The Labute approximate surface area is 120 Å². The minimum atomic E-state index is -0.498. The summed E-state index contributed by atoms with van der Waals surface area (Å²) in [4.78, 5) is 21.8. The van der Waals surface area contributed by atoms with Gasteiger partial charge in [0, 0.05) is 30.1 Å². The number of rotatable bonds is 4. The highest BCUT2D eigenvalue weighted by Crippen LogP contribution is 2.16. The Morgan fingerprint density at radius 1 is 1.10 bits per heavy atom. The smallest absolute Gasteiger partial charge is 0.323 e. The molecule has 0 aromatic heterocycles. The van der Waals surface area contributed by atoms with Crippen LogP contribution < -0.4 is 16.4 Å². The van der Waals surface area contributed by atoms with E-state index in [0.717, 1.165) is 5.56 Å². The maximum atomic E-state index is 11.8. The monoisotopic (exact) mass is 286 g/mol. The van der Waals surface area contributed by atoms with Crippen LogP contribution in [0.2, 0.25) is 0 Å². The molecule has 2 amide bonds. The molecule has 7 nitrogen and oxygen atoms in total. The number of non-ortho nitro benzene ring substituents is 1. The van der Waals surface area contributed by atoms with Crippen LogP contribution in [0.25, 0.3) is 0 Å². The minimum Gasteiger partial charge on any atom is -0.326 e. The molecule has 21 heavy (non-hydrogen) atoms. The van der Waals surface area contributed by atoms with Crippen molar-refractivity contribution < 1.29 is 9.72 Å². The number of hydrogen-bond donors (Lipinski definition) is 3. The molecule has 7 heteroatoms. The third kappa shape index (κ3) is 4.02. The summed E-state index contributed by atoms with van der Waals surface area (Å²) >= 11 is 0. The maximum absolute atomic E-state index is 11.8. The molecule has 4 N–H and O–H groups in total. The van der Waals surface area contributed by atoms with E-state index >= 15 is 0 Å². The van der Waals surface area contributed by atoms with Gasteiger partial charge in [0.05, 0.1) is 4.92 Å². The second kappa shape index (κ2) is 6.49. The Morgan fingerprint density at radius 3 is 2.38 bits per heavy atom. The molecule has 0 radical (unpaired) electrons. The second-order valence-electron chi connectivity index (χ2n) is 4.29. The number of nitrogens with one attached hydrogen (secondary N) is 2. The van der Waals surface area contributed by atoms with E-state index in [1.54, 1.807) is 18.2 Å². The fourth-order valence-electron chi connectivity index (χ4n) is 1.74. The molecule has 0 saturated heterocycles. The number of hydrogen-bond acceptors (Lipinski definition) is 4. The fraction of sp³-hybridized carbons (Fsp3) is 0.0714. The van der Waals surface area contributed by atoms with E-state index in [-0.39, 0.29) is 5.69 Å². The highest BCUT2D eigenvalue weighted by Gasteiger charge is 2.06. The van der Waals surface area contributed by atoms with Crippen LogP contribution in [0.3, 0.4) is 0 Å². The lowest BCUT2D eigenvalue weighted by molar-refractivity contribution is -0.384. The minimum absolute atomic E-state index is 0.0309. The standard InChI is InChI=1S/C14H14N4O3/c15-9-10-2-1-3-12(8-10)17-14(19)16-11-4-6-13(7-5-11)18(20)21/h1-8H,9,15H2,(H2,16,17,19). The molecule has 0 unspecified atom stereocenters. The van der Waals surface area contributed by atoms with Crippen molar-refractivity contribution >= 4 is 23.1 Å². The third-order valence-electron chi connectivity index (χ3n) is 2.76. The average molecular weight is 286 g/mol. The normalized spacial score (nSPS) is 9.95. The van der Waals surface area contributed by atoms with Crippen molar-refractivity contribution in [3.05, 3.63) is 64.2 Å². The molecule has 0 atom stereocenters. The van der Waals surface area contributed by atoms with Gasteiger partial charge in [-0.05, 0) is 29.8 Å². The Hall–Kier alpha value is -2.93. The number of anilines is 2. The SMILES string of the molecule is NCc1cccc(NC(=O)Nc2ccc([N+](=O)[O-])cc2)c1. The van der Waals surface area contributed by atoms with Crippen molar-refractivity contribution in [1.29, 1.82) is 0 Å². The van der Waals surface area contributed by atoms with E-state index in [0.29, 0.717) is 17.9 Å². The van der Waals surface area contributed by atoms with Crippen molar-refractivity contribution in [2.24, 2.45) is 5.73 Å². The number of carbonyl (C=O) groups excluding carboxylic acids is 1. The van der Waals surface area contributed by atoms with Crippen LogP contribution in [-0.4, -0.2) is 11.0 Å². The Morgan fingerprint density at radius 2 is 1.76 bits per heavy atom. The van der Waals surface area contributed by atoms with Gasteiger partial charge in [0.2, 0.25) is 0 Å². The van der Waals surface area contributed by atoms with Crippen molar-refractivity contribution in [1.82, 2.24) is 0 Å². The quantitative estimate of drug-likeness (QED) is 0.592. The summed E-state index contributed by atoms with van der Waals surface area (Å²) < 4.78 is 0. The van der Waals surface area contributed by atoms with Crippen LogP contribution in [0.1, 0.15) is 5.56 Å². The number of urea groups is 1. The molecule has 2 aromatic carbocycles. The van der Waals surface area contributed by atoms with Gasteiger partial charge >= 0.3 is 6.03 Å². The second-order valence-corrected chi connectivity index (χ2v) is 4.29. The number of amides is 2. The molecule has 2 aromatic rings. The van der Waals surface area contributed by atoms with Crippen molar-refractivity contribution in [2.45, 2.75) is 6.54 Å². The van der Waals surface area contributed by atoms with Gasteiger partial charge in [0.1, 0.15) is 0 Å². The third-order valence-corrected chi connectivity index (χ3v) is 2.76. The first-order valence-electron chi connectivity index (χ1n) is 6.20. The molecule has 0 saturated carbocycles. The highest BCUT2D eigenvalue weighted by molar-refractivity contribution is 5.99. The molecule has 0 heterocycles. The van der Waals surface area contributed by atoms with Crippen molar-refractivity contribution in [3.8, 4) is 0 Å². The molecule has 0 aliphatic carbocycles. The van der Waals surface area contributed by atoms with E-state index < -0.39 is 11.0 Å². The van der Waals surface area contributed by atoms with Crippen LogP contribution in [0.15, 0.2) is 48.5 Å². The highest BCUT2D eigenvalue weighted by atomic mass is 16.6. The lowest BCUT2D eigenvalue weighted by Crippen LogP contribution is -2.19. The van der Waals surface area contributed by atoms with E-state index in [1.807, 2.05) is 6.07 Å². The lowest BCUT2D eigenvalue weighted by atomic mass is 10.2. The largest absolute Gasteiger partial charge is 0.326 e. The maximum Gasteiger partial charge on any atom is 0.323 e. The molecule has 2 rings (SSSR count). The predicted octanol–water partition coefficient (Wildman–Crippen LogP) is 2.70. The summed E-state index contributed by atoms with van der Waals surface area (Å²) in [7, 11) is 0. The van der Waals surface area contributed by atoms with Gasteiger partial charge in [0.25, 0.3) is 5.69 Å². The zero-order valence-corrected chi connectivity index (χ0v) is 11.1. The Bertz CT molecular complexity index is 656. The molecular weight excluding hydrogens is 272 g/mol. The number of nitrogens with two attached hydrogens (primary N) is 1. The molecule has 0 aliphatic rings. The van der Waals surface area contributed by atoms with Gasteiger partial charge in [-0.15, -0.1) is 0 Å². The van der Waals surface area contributed by atoms with Crippen LogP contribution in [0.5, 0.6) is 0 Å². The molecule has 0 aliphatic heterocycles. The summed E-state index contributed by atoms with van der Waals surface area (Å²) in [5.74, 6) is 0. The average Bonchev–Trinajstić information content (AvgIpc) is 2.47. The molecule has 108 valence electrons. The van der Waals surface area contributed by atoms with Crippen LogP contribution in [-0.2, 0) is 6.54 Å². The fourth-order valence-corrected chi connectivity index (χ4v) is 1.74. The van der Waals surface area contributed by atoms with Gasteiger partial charge in [-0.25, -0.2) is 4.79 Å². The van der Waals surface area contributed by atoms with Crippen LogP contribution >= 0.6 is 0 Å². The summed E-state index contributed by atoms with van der Waals surface area (Å²) in [6, 6.07) is 12.3. The van der Waals surface area contributed by atoms with Gasteiger partial charge in [0.15, 0.2) is 0 Å². The number of nitrogens with zero attached hydrogens (tertiary/aromatic N) is 1. The first-order chi connectivity index (χ1) is 10.1. The first-order valence-corrected chi connectivity index (χ1v) is 6.20. The van der Waals surface area contributed by atoms with Gasteiger partial charge in [-0.3, -0.25) is 10.1 Å². The van der Waals surface area contributed by atoms with E-state index in [2.05, 4.69) is 10.6 Å². The molecule has 0 fully saturated rings. The van der Waals surface area contributed by atoms with E-state index in [1.165, 1.54) is 24.3 Å². The van der Waals surface area contributed by atoms with E-state index in [9.17, 15) is 14.9 Å². The van der Waals surface area contributed by atoms with Gasteiger partial charge in [-0.2, -0.15) is 0 Å². The number of benzene rings is 2. The zero-order chi connectivity index (χ0) is 15.2. The summed E-state index contributed by atoms with van der Waals surface area (Å²) in [5, 5.41) is 15.8. The predicted molar refractivity (Wildman–Crippen MR) is 80.1 cm³/mol. The lowest BCUT2D eigenvalue weighted by Gasteiger charge is -2.08. The first kappa shape index (κ1) is 14.5. The summed E-state index contributed by atoms with van der Waals surface area (Å²) in [6.07, 6.45) is 0. The number of carbonyl (C=O) groups is 1. The van der Waals surface area contributed by atoms with Crippen molar-refractivity contribution in [2.75, 3.05) is 10.6 Å². The molecule has 0 spiro atoms. The zero-order valence-electron chi connectivity index (χ0n) is 11.1. The molecule has 0 bridgehead atoms. The summed E-state index contributed by atoms with van der Waals surface area (Å²) in [5.41, 5.74) is 7.49. The van der Waals surface area contributed by atoms with E-state index in [4.69, 9.17) is 5.73 Å². The number of nitro benzene ring substituents is 1. The molecular formula is C14H14N4O3. The Kier molecular flexibility index (Phi) is 4.47. The van der Waals surface area contributed by atoms with Crippen molar-refractivity contribution in [3.63, 3.8) is 0 Å². The Balaban J connectivity index is 1.99. The van der Waals surface area contributed by atoms with Crippen LogP contribution in [0, 0.1) is 10.1 Å². The van der Waals surface area contributed by atoms with Crippen LogP contribution in [0.4, 0.5) is 21.9 Å². The number of nitro groups is 1. The van der Waals surface area contributed by atoms with Gasteiger partial charge < -0.3 is 16.4 Å².